The Kier molecular flexibility index (Phi) is 8.02. The minimum Gasteiger partial charge on any atom is -0.367 e. The molecule has 0 bridgehead atoms. The van der Waals surface area contributed by atoms with Gasteiger partial charge in [0.05, 0.1) is 16.5 Å². The molecule has 1 heterocycles. The Balaban J connectivity index is 0.00000338. The Morgan fingerprint density at radius 3 is 2.46 bits per heavy atom. The monoisotopic (exact) mass is 479 g/mol. The summed E-state index contributed by atoms with van der Waals surface area (Å²) in [5, 5.41) is 7.45. The molecule has 3 N–H and O–H groups in total. The molecule has 0 aliphatic carbocycles. The zero-order chi connectivity index (χ0) is 19.2. The Morgan fingerprint density at radius 2 is 1.96 bits per heavy atom. The summed E-state index contributed by atoms with van der Waals surface area (Å²) < 4.78 is 85.6. The summed E-state index contributed by atoms with van der Waals surface area (Å²) in [6, 6.07) is 1.90. The fraction of sp³-hybridized carbons (Fsp3) is 0.455. The Labute approximate surface area is 187 Å². The first-order valence-electron chi connectivity index (χ1n) is 6.49. The number of benzene rings is 1. The number of anilines is 1. The molecular formula is C11H13CaClF3N3O4S3+2. The first kappa shape index (κ1) is 24.6. The predicted octanol–water partition coefficient (Wildman–Crippen LogP) is 1.27. The van der Waals surface area contributed by atoms with Gasteiger partial charge < -0.3 is 5.32 Å². The summed E-state index contributed by atoms with van der Waals surface area (Å²) in [6.45, 7) is 0. The number of rotatable bonds is 4. The van der Waals surface area contributed by atoms with E-state index in [4.69, 9.17) is 16.7 Å². The predicted molar refractivity (Wildman–Crippen MR) is 94.3 cm³/mol. The molecule has 1 aromatic rings. The number of hydrogen-bond acceptors (Lipinski definition) is 6. The number of nitrogens with one attached hydrogen (secondary N) is 1. The number of nitrogens with two attached hydrogens (primary N) is 1. The van der Waals surface area contributed by atoms with Crippen molar-refractivity contribution in [2.24, 2.45) is 5.14 Å². The number of thioether (sulfide) groups is 1. The largest absolute Gasteiger partial charge is 2.00 e. The van der Waals surface area contributed by atoms with E-state index in [0.29, 0.717) is 11.8 Å². The number of alkyl halides is 3. The Morgan fingerprint density at radius 1 is 1.38 bits per heavy atom. The van der Waals surface area contributed by atoms with E-state index in [9.17, 15) is 30.0 Å². The van der Waals surface area contributed by atoms with Crippen molar-refractivity contribution in [3.8, 4) is 0 Å². The number of fused-ring (bicyclic) bond motifs is 1. The fourth-order valence-electron chi connectivity index (χ4n) is 2.10. The van der Waals surface area contributed by atoms with Gasteiger partial charge in [0.2, 0.25) is 20.0 Å². The molecule has 0 amide bonds. The maximum Gasteiger partial charge on any atom is 2.00 e. The van der Waals surface area contributed by atoms with Crippen molar-refractivity contribution < 1.29 is 30.0 Å². The van der Waals surface area contributed by atoms with Crippen molar-refractivity contribution in [3.05, 3.63) is 17.2 Å². The van der Waals surface area contributed by atoms with Crippen molar-refractivity contribution in [3.63, 3.8) is 0 Å². The molecule has 142 valence electrons. The van der Waals surface area contributed by atoms with Crippen molar-refractivity contribution in [2.75, 3.05) is 23.9 Å². The number of hydrogen-bond donors (Lipinski definition) is 2. The van der Waals surface area contributed by atoms with Crippen molar-refractivity contribution in [1.82, 2.24) is 4.31 Å². The second-order valence-electron chi connectivity index (χ2n) is 5.14. The van der Waals surface area contributed by atoms with Gasteiger partial charge in [0.15, 0.2) is 0 Å². The number of primary sulfonamides is 1. The molecule has 0 fully saturated rings. The fourth-order valence-corrected chi connectivity index (χ4v) is 5.69. The third kappa shape index (κ3) is 5.54. The molecule has 1 aromatic carbocycles. The normalized spacial score (nSPS) is 20.0. The van der Waals surface area contributed by atoms with E-state index in [2.05, 4.69) is 5.32 Å². The van der Waals surface area contributed by atoms with Crippen molar-refractivity contribution in [1.29, 1.82) is 0 Å². The van der Waals surface area contributed by atoms with Crippen LogP contribution in [0.15, 0.2) is 21.9 Å². The third-order valence-electron chi connectivity index (χ3n) is 3.30. The van der Waals surface area contributed by atoms with Gasteiger partial charge in [-0.25, -0.2) is 22.0 Å². The molecule has 0 spiro atoms. The number of nitrogens with zero attached hydrogens (tertiary/aromatic N) is 1. The summed E-state index contributed by atoms with van der Waals surface area (Å²) in [5.74, 6) is -1.31. The first-order chi connectivity index (χ1) is 11.2. The van der Waals surface area contributed by atoms with Gasteiger partial charge in [-0.15, -0.1) is 11.8 Å². The third-order valence-corrected chi connectivity index (χ3v) is 7.66. The summed E-state index contributed by atoms with van der Waals surface area (Å²) in [7, 11) is -7.21. The van der Waals surface area contributed by atoms with Crippen LogP contribution in [0.4, 0.5) is 18.9 Å². The van der Waals surface area contributed by atoms with Gasteiger partial charge in [0.25, 0.3) is 0 Å². The summed E-state index contributed by atoms with van der Waals surface area (Å²) in [6.07, 6.45) is -5.33. The average molecular weight is 480 g/mol. The maximum absolute atomic E-state index is 12.5. The van der Waals surface area contributed by atoms with Crippen LogP contribution in [-0.2, 0) is 20.0 Å². The molecular weight excluding hydrogens is 467 g/mol. The standard InChI is InChI=1S/C11H13ClF3N3O4S3.Ca/c1-18-10(4-23-5-11(13,14)15)17-7-2-6(12)8(24(16,19)20)3-9(7)25(18,21)22;/h2-3,10,17H,4-5H2,1H3,(H2,16,19,20);/q;+2. The zero-order valence-electron chi connectivity index (χ0n) is 13.2. The topological polar surface area (TPSA) is 110 Å². The first-order valence-corrected chi connectivity index (χ1v) is 11.0. The van der Waals surface area contributed by atoms with E-state index in [-0.39, 0.29) is 59.1 Å². The van der Waals surface area contributed by atoms with Gasteiger partial charge in [-0.05, 0) is 12.1 Å². The second-order valence-corrected chi connectivity index (χ2v) is 10.1. The van der Waals surface area contributed by atoms with Crippen LogP contribution < -0.4 is 10.5 Å². The van der Waals surface area contributed by atoms with Gasteiger partial charge >= 0.3 is 43.9 Å². The molecule has 1 unspecified atom stereocenters. The minimum absolute atomic E-state index is 0. The smallest absolute Gasteiger partial charge is 0.367 e. The van der Waals surface area contributed by atoms with Crippen LogP contribution in [-0.4, -0.2) is 89.8 Å². The number of halogens is 4. The zero-order valence-corrected chi connectivity index (χ0v) is 18.7. The van der Waals surface area contributed by atoms with Crippen LogP contribution >= 0.6 is 23.4 Å². The van der Waals surface area contributed by atoms with Gasteiger partial charge in [-0.3, -0.25) is 0 Å². The van der Waals surface area contributed by atoms with E-state index < -0.39 is 43.0 Å². The Hall–Kier alpha value is 0.530. The maximum atomic E-state index is 12.5. The summed E-state index contributed by atoms with van der Waals surface area (Å²) in [4.78, 5) is -0.933. The molecule has 2 rings (SSSR count). The van der Waals surface area contributed by atoms with E-state index in [0.717, 1.165) is 16.4 Å². The number of sulfonamides is 2. The van der Waals surface area contributed by atoms with Crippen LogP contribution in [0.25, 0.3) is 0 Å². The van der Waals surface area contributed by atoms with Crippen LogP contribution in [0.2, 0.25) is 5.02 Å². The van der Waals surface area contributed by atoms with Crippen LogP contribution in [0.5, 0.6) is 0 Å². The average Bonchev–Trinajstić information content (AvgIpc) is 2.41. The quantitative estimate of drug-likeness (QED) is 0.629. The van der Waals surface area contributed by atoms with Gasteiger partial charge in [0.1, 0.15) is 16.0 Å². The van der Waals surface area contributed by atoms with E-state index in [1.54, 1.807) is 0 Å². The molecule has 26 heavy (non-hydrogen) atoms. The molecule has 15 heteroatoms. The molecule has 1 aliphatic rings. The van der Waals surface area contributed by atoms with E-state index in [1.165, 1.54) is 7.05 Å². The molecule has 1 atom stereocenters. The molecule has 1 aliphatic heterocycles. The summed E-state index contributed by atoms with van der Waals surface area (Å²) >= 11 is 6.34. The minimum atomic E-state index is -4.37. The molecule has 0 aromatic heterocycles. The van der Waals surface area contributed by atoms with Crippen LogP contribution in [0.3, 0.4) is 0 Å². The van der Waals surface area contributed by atoms with Crippen LogP contribution in [0.1, 0.15) is 0 Å². The van der Waals surface area contributed by atoms with Crippen molar-refractivity contribution >= 4 is 86.8 Å². The molecule has 0 saturated heterocycles. The molecule has 7 nitrogen and oxygen atoms in total. The molecule has 0 saturated carbocycles. The SMILES string of the molecule is CN1C(CSCC(F)(F)F)Nc2cc(Cl)c(S(N)(=O)=O)cc2S1(=O)=O.[Ca+2]. The van der Waals surface area contributed by atoms with Gasteiger partial charge in [-0.2, -0.15) is 17.5 Å². The van der Waals surface area contributed by atoms with Gasteiger partial charge in [-0.1, -0.05) is 11.6 Å². The van der Waals surface area contributed by atoms with E-state index >= 15 is 0 Å². The van der Waals surface area contributed by atoms with E-state index in [1.807, 2.05) is 0 Å². The second kappa shape index (κ2) is 8.49. The molecule has 0 radical (unpaired) electrons. The van der Waals surface area contributed by atoms with Crippen molar-refractivity contribution in [2.45, 2.75) is 22.1 Å². The Bertz CT molecular complexity index is 896. The van der Waals surface area contributed by atoms with Crippen LogP contribution in [0, 0.1) is 0 Å². The van der Waals surface area contributed by atoms with Gasteiger partial charge in [0, 0.05) is 12.8 Å². The summed E-state index contributed by atoms with van der Waals surface area (Å²) in [5.41, 5.74) is -0.00638.